The van der Waals surface area contributed by atoms with E-state index in [0.29, 0.717) is 42.7 Å². The lowest BCUT2D eigenvalue weighted by molar-refractivity contribution is -0.114. The fourth-order valence-corrected chi connectivity index (χ4v) is 4.96. The van der Waals surface area contributed by atoms with Gasteiger partial charge in [-0.1, -0.05) is 11.6 Å². The van der Waals surface area contributed by atoms with Crippen molar-refractivity contribution in [1.29, 1.82) is 0 Å². The first-order valence-electron chi connectivity index (χ1n) is 9.45. The number of rotatable bonds is 8. The Hall–Kier alpha value is -2.11. The fraction of sp³-hybridized carbons (Fsp3) is 0.300. The summed E-state index contributed by atoms with van der Waals surface area (Å²) >= 11 is 6.97. The molecule has 11 heteroatoms. The second-order valence-corrected chi connectivity index (χ2v) is 10.00. The van der Waals surface area contributed by atoms with E-state index >= 15 is 0 Å². The number of sulfonamides is 1. The molecule has 0 radical (unpaired) electrons. The first-order chi connectivity index (χ1) is 14.8. The molecule has 166 valence electrons. The van der Waals surface area contributed by atoms with Gasteiger partial charge >= 0.3 is 0 Å². The van der Waals surface area contributed by atoms with E-state index in [4.69, 9.17) is 16.3 Å². The Morgan fingerprint density at radius 1 is 0.903 bits per heavy atom. The normalized spacial score (nSPS) is 14.7. The molecule has 0 bridgehead atoms. The van der Waals surface area contributed by atoms with E-state index in [9.17, 15) is 18.0 Å². The average Bonchev–Trinajstić information content (AvgIpc) is 2.76. The summed E-state index contributed by atoms with van der Waals surface area (Å²) in [6.07, 6.45) is 0. The first-order valence-corrected chi connectivity index (χ1v) is 12.4. The largest absolute Gasteiger partial charge is 0.379 e. The molecule has 2 N–H and O–H groups in total. The molecular weight excluding hydrogens is 462 g/mol. The number of hydrogen-bond acceptors (Lipinski definition) is 6. The molecule has 0 atom stereocenters. The molecule has 1 aliphatic heterocycles. The summed E-state index contributed by atoms with van der Waals surface area (Å²) < 4.78 is 31.8. The minimum atomic E-state index is -3.57. The highest BCUT2D eigenvalue weighted by Crippen LogP contribution is 2.20. The first kappa shape index (κ1) is 23.6. The molecule has 0 unspecified atom stereocenters. The second-order valence-electron chi connectivity index (χ2n) is 6.64. The standard InChI is InChI=1S/C20H22ClN3O5S2/c21-15-1-3-16(4-2-15)22-19(25)13-30-14-20(26)23-17-5-7-18(8-6-17)31(27,28)24-9-11-29-12-10-24/h1-8H,9-14H2,(H,22,25)(H,23,26). The third-order valence-corrected chi connectivity index (χ3v) is 7.44. The van der Waals surface area contributed by atoms with Gasteiger partial charge in [0.2, 0.25) is 21.8 Å². The Morgan fingerprint density at radius 3 is 1.90 bits per heavy atom. The molecule has 8 nitrogen and oxygen atoms in total. The average molecular weight is 484 g/mol. The van der Waals surface area contributed by atoms with Gasteiger partial charge in [0.15, 0.2) is 0 Å². The maximum Gasteiger partial charge on any atom is 0.243 e. The highest BCUT2D eigenvalue weighted by atomic mass is 35.5. The van der Waals surface area contributed by atoms with Crippen LogP contribution in [0.4, 0.5) is 11.4 Å². The SMILES string of the molecule is O=C(CSCC(=O)Nc1ccc(S(=O)(=O)N2CCOCC2)cc1)Nc1ccc(Cl)cc1. The van der Waals surface area contributed by atoms with Crippen LogP contribution < -0.4 is 10.6 Å². The van der Waals surface area contributed by atoms with Gasteiger partial charge in [-0.05, 0) is 48.5 Å². The zero-order chi connectivity index (χ0) is 22.3. The lowest BCUT2D eigenvalue weighted by Crippen LogP contribution is -2.40. The number of morpholine rings is 1. The van der Waals surface area contributed by atoms with Gasteiger partial charge in [0, 0.05) is 29.5 Å². The van der Waals surface area contributed by atoms with Crippen molar-refractivity contribution in [3.8, 4) is 0 Å². The zero-order valence-electron chi connectivity index (χ0n) is 16.5. The Kier molecular flexibility index (Phi) is 8.33. The summed E-state index contributed by atoms with van der Waals surface area (Å²) in [7, 11) is -3.57. The summed E-state index contributed by atoms with van der Waals surface area (Å²) in [6, 6.07) is 12.8. The Morgan fingerprint density at radius 2 is 1.39 bits per heavy atom. The smallest absolute Gasteiger partial charge is 0.243 e. The maximum atomic E-state index is 12.6. The van der Waals surface area contributed by atoms with Crippen LogP contribution in [-0.2, 0) is 24.3 Å². The number of amides is 2. The van der Waals surface area contributed by atoms with E-state index in [0.717, 1.165) is 0 Å². The van der Waals surface area contributed by atoms with Gasteiger partial charge in [-0.15, -0.1) is 11.8 Å². The number of hydrogen-bond donors (Lipinski definition) is 2. The molecule has 1 heterocycles. The van der Waals surface area contributed by atoms with E-state index in [1.54, 1.807) is 36.4 Å². The molecular formula is C20H22ClN3O5S2. The molecule has 3 rings (SSSR count). The molecule has 0 aromatic heterocycles. The van der Waals surface area contributed by atoms with Crippen LogP contribution in [0.3, 0.4) is 0 Å². The molecule has 0 saturated carbocycles. The Labute approximate surface area is 190 Å². The van der Waals surface area contributed by atoms with Gasteiger partial charge in [-0.25, -0.2) is 8.42 Å². The zero-order valence-corrected chi connectivity index (χ0v) is 18.9. The van der Waals surface area contributed by atoms with Gasteiger partial charge in [-0.2, -0.15) is 4.31 Å². The molecule has 1 aliphatic rings. The lowest BCUT2D eigenvalue weighted by atomic mass is 10.3. The molecule has 31 heavy (non-hydrogen) atoms. The number of benzene rings is 2. The monoisotopic (exact) mass is 483 g/mol. The van der Waals surface area contributed by atoms with Crippen LogP contribution in [0.2, 0.25) is 5.02 Å². The molecule has 2 aromatic carbocycles. The molecule has 2 aromatic rings. The topological polar surface area (TPSA) is 105 Å². The molecule has 1 saturated heterocycles. The quantitative estimate of drug-likeness (QED) is 0.598. The van der Waals surface area contributed by atoms with Crippen LogP contribution in [0.15, 0.2) is 53.4 Å². The number of nitrogens with one attached hydrogen (secondary N) is 2. The van der Waals surface area contributed by atoms with Crippen LogP contribution in [-0.4, -0.2) is 62.3 Å². The van der Waals surface area contributed by atoms with E-state index in [1.807, 2.05) is 0 Å². The van der Waals surface area contributed by atoms with Crippen molar-refractivity contribution < 1.29 is 22.7 Å². The molecule has 2 amide bonds. The summed E-state index contributed by atoms with van der Waals surface area (Å²) in [5, 5.41) is 6.00. The van der Waals surface area contributed by atoms with E-state index in [-0.39, 0.29) is 28.2 Å². The third kappa shape index (κ3) is 6.94. The van der Waals surface area contributed by atoms with Crippen molar-refractivity contribution in [2.24, 2.45) is 0 Å². The summed E-state index contributed by atoms with van der Waals surface area (Å²) in [5.41, 5.74) is 1.11. The second kappa shape index (κ2) is 11.0. The predicted octanol–water partition coefficient (Wildman–Crippen LogP) is 2.67. The van der Waals surface area contributed by atoms with Crippen molar-refractivity contribution in [2.75, 3.05) is 48.4 Å². The van der Waals surface area contributed by atoms with Crippen molar-refractivity contribution in [1.82, 2.24) is 4.31 Å². The van der Waals surface area contributed by atoms with Gasteiger partial charge < -0.3 is 15.4 Å². The van der Waals surface area contributed by atoms with Crippen LogP contribution in [0.1, 0.15) is 0 Å². The minimum Gasteiger partial charge on any atom is -0.379 e. The lowest BCUT2D eigenvalue weighted by Gasteiger charge is -2.26. The van der Waals surface area contributed by atoms with Gasteiger partial charge in [0.05, 0.1) is 29.6 Å². The van der Waals surface area contributed by atoms with Crippen LogP contribution in [0.25, 0.3) is 0 Å². The van der Waals surface area contributed by atoms with Crippen molar-refractivity contribution in [2.45, 2.75) is 4.90 Å². The van der Waals surface area contributed by atoms with Crippen molar-refractivity contribution in [3.63, 3.8) is 0 Å². The minimum absolute atomic E-state index is 0.0852. The third-order valence-electron chi connectivity index (χ3n) is 4.34. The molecule has 0 spiro atoms. The number of carbonyl (C=O) groups excluding carboxylic acids is 2. The Bertz CT molecular complexity index is 1010. The number of nitrogens with zero attached hydrogens (tertiary/aromatic N) is 1. The van der Waals surface area contributed by atoms with Crippen LogP contribution in [0.5, 0.6) is 0 Å². The predicted molar refractivity (Wildman–Crippen MR) is 122 cm³/mol. The van der Waals surface area contributed by atoms with Gasteiger partial charge in [0.25, 0.3) is 0 Å². The fourth-order valence-electron chi connectivity index (χ4n) is 2.81. The van der Waals surface area contributed by atoms with Crippen molar-refractivity contribution >= 4 is 56.6 Å². The molecule has 1 fully saturated rings. The van der Waals surface area contributed by atoms with Gasteiger partial charge in [-0.3, -0.25) is 9.59 Å². The summed E-state index contributed by atoms with van der Waals surface area (Å²) in [4.78, 5) is 24.2. The molecule has 0 aliphatic carbocycles. The number of halogens is 1. The Balaban J connectivity index is 1.44. The highest BCUT2D eigenvalue weighted by Gasteiger charge is 2.26. The van der Waals surface area contributed by atoms with Crippen LogP contribution in [0, 0.1) is 0 Å². The van der Waals surface area contributed by atoms with E-state index in [1.165, 1.54) is 28.2 Å². The van der Waals surface area contributed by atoms with Crippen molar-refractivity contribution in [3.05, 3.63) is 53.6 Å². The number of thioether (sulfide) groups is 1. The van der Waals surface area contributed by atoms with Crippen LogP contribution >= 0.6 is 23.4 Å². The summed E-state index contributed by atoms with van der Waals surface area (Å²) in [5.74, 6) is -0.305. The van der Waals surface area contributed by atoms with E-state index < -0.39 is 10.0 Å². The number of anilines is 2. The highest BCUT2D eigenvalue weighted by molar-refractivity contribution is 8.00. The van der Waals surface area contributed by atoms with Gasteiger partial charge in [0.1, 0.15) is 0 Å². The maximum absolute atomic E-state index is 12.6. The number of ether oxygens (including phenoxy) is 1. The summed E-state index contributed by atoms with van der Waals surface area (Å²) in [6.45, 7) is 1.40. The van der Waals surface area contributed by atoms with E-state index in [2.05, 4.69) is 10.6 Å². The number of carbonyl (C=O) groups is 2.